The molecule has 22 heavy (non-hydrogen) atoms. The standard InChI is InChI=1S/C19H26N2O/c1-20(2)14-13-16-9-11-18(12-10-16)21(3)15-19(22)17-7-5-4-6-8-17/h4-12,19,22H,13-15H2,1-3H3. The van der Waals surface area contributed by atoms with E-state index < -0.39 is 6.10 Å². The summed E-state index contributed by atoms with van der Waals surface area (Å²) < 4.78 is 0. The Labute approximate surface area is 133 Å². The molecule has 2 aromatic rings. The van der Waals surface area contributed by atoms with E-state index in [4.69, 9.17) is 0 Å². The van der Waals surface area contributed by atoms with Gasteiger partial charge in [-0.05, 0) is 43.8 Å². The Morgan fingerprint density at radius 2 is 1.55 bits per heavy atom. The van der Waals surface area contributed by atoms with Gasteiger partial charge in [0.1, 0.15) is 0 Å². The van der Waals surface area contributed by atoms with E-state index in [0.29, 0.717) is 6.54 Å². The molecule has 2 rings (SSSR count). The number of benzene rings is 2. The van der Waals surface area contributed by atoms with Crippen molar-refractivity contribution in [3.63, 3.8) is 0 Å². The van der Waals surface area contributed by atoms with E-state index in [9.17, 15) is 5.11 Å². The molecule has 1 unspecified atom stereocenters. The first-order valence-electron chi connectivity index (χ1n) is 7.74. The number of rotatable bonds is 7. The number of hydrogen-bond acceptors (Lipinski definition) is 3. The number of nitrogens with zero attached hydrogens (tertiary/aromatic N) is 2. The molecule has 2 aromatic carbocycles. The zero-order valence-electron chi connectivity index (χ0n) is 13.7. The van der Waals surface area contributed by atoms with E-state index in [1.807, 2.05) is 37.4 Å². The van der Waals surface area contributed by atoms with Crippen LogP contribution in [-0.2, 0) is 6.42 Å². The van der Waals surface area contributed by atoms with Crippen LogP contribution in [0.25, 0.3) is 0 Å². The fourth-order valence-corrected chi connectivity index (χ4v) is 2.42. The fraction of sp³-hybridized carbons (Fsp3) is 0.368. The quantitative estimate of drug-likeness (QED) is 0.851. The SMILES string of the molecule is CN(C)CCc1ccc(N(C)CC(O)c2ccccc2)cc1. The minimum Gasteiger partial charge on any atom is -0.387 e. The topological polar surface area (TPSA) is 26.7 Å². The molecule has 0 aliphatic heterocycles. The molecular weight excluding hydrogens is 272 g/mol. The highest BCUT2D eigenvalue weighted by molar-refractivity contribution is 5.47. The first-order chi connectivity index (χ1) is 10.6. The molecule has 0 bridgehead atoms. The molecule has 1 N–H and O–H groups in total. The van der Waals surface area contributed by atoms with E-state index >= 15 is 0 Å². The number of aliphatic hydroxyl groups is 1. The monoisotopic (exact) mass is 298 g/mol. The van der Waals surface area contributed by atoms with Gasteiger partial charge in [0.2, 0.25) is 0 Å². The van der Waals surface area contributed by atoms with Gasteiger partial charge in [-0.15, -0.1) is 0 Å². The Hall–Kier alpha value is -1.84. The Morgan fingerprint density at radius 3 is 2.14 bits per heavy atom. The lowest BCUT2D eigenvalue weighted by molar-refractivity contribution is 0.185. The van der Waals surface area contributed by atoms with Crippen molar-refractivity contribution < 1.29 is 5.11 Å². The van der Waals surface area contributed by atoms with Gasteiger partial charge in [0.25, 0.3) is 0 Å². The van der Waals surface area contributed by atoms with Crippen LogP contribution >= 0.6 is 0 Å². The zero-order valence-corrected chi connectivity index (χ0v) is 13.7. The number of anilines is 1. The summed E-state index contributed by atoms with van der Waals surface area (Å²) in [4.78, 5) is 4.28. The molecule has 118 valence electrons. The lowest BCUT2D eigenvalue weighted by atomic mass is 10.1. The third-order valence-electron chi connectivity index (χ3n) is 3.86. The van der Waals surface area contributed by atoms with Gasteiger partial charge in [-0.2, -0.15) is 0 Å². The maximum atomic E-state index is 10.3. The van der Waals surface area contributed by atoms with Crippen LogP contribution in [0.1, 0.15) is 17.2 Å². The van der Waals surface area contributed by atoms with Crippen LogP contribution < -0.4 is 4.90 Å². The van der Waals surface area contributed by atoms with Gasteiger partial charge >= 0.3 is 0 Å². The minimum absolute atomic E-state index is 0.473. The molecule has 0 amide bonds. The second-order valence-electron chi connectivity index (χ2n) is 6.03. The summed E-state index contributed by atoms with van der Waals surface area (Å²) in [5.74, 6) is 0. The van der Waals surface area contributed by atoms with Crippen LogP contribution in [0.5, 0.6) is 0 Å². The van der Waals surface area contributed by atoms with Crippen LogP contribution in [0.2, 0.25) is 0 Å². The van der Waals surface area contributed by atoms with E-state index in [-0.39, 0.29) is 0 Å². The Morgan fingerprint density at radius 1 is 0.909 bits per heavy atom. The van der Waals surface area contributed by atoms with Gasteiger partial charge in [0.15, 0.2) is 0 Å². The first kappa shape index (κ1) is 16.5. The van der Waals surface area contributed by atoms with Crippen molar-refractivity contribution >= 4 is 5.69 Å². The summed E-state index contributed by atoms with van der Waals surface area (Å²) in [5, 5.41) is 10.3. The van der Waals surface area contributed by atoms with Crippen molar-refractivity contribution in [2.75, 3.05) is 39.1 Å². The van der Waals surface area contributed by atoms with Crippen LogP contribution in [-0.4, -0.2) is 44.2 Å². The van der Waals surface area contributed by atoms with E-state index in [1.165, 1.54) is 5.56 Å². The normalized spacial score (nSPS) is 12.4. The van der Waals surface area contributed by atoms with Crippen LogP contribution in [0.4, 0.5) is 5.69 Å². The number of aliphatic hydroxyl groups excluding tert-OH is 1. The molecule has 0 aliphatic carbocycles. The maximum Gasteiger partial charge on any atom is 0.0964 e. The average Bonchev–Trinajstić information content (AvgIpc) is 2.54. The fourth-order valence-electron chi connectivity index (χ4n) is 2.42. The minimum atomic E-state index is -0.473. The Bertz CT molecular complexity index is 551. The van der Waals surface area contributed by atoms with Crippen LogP contribution in [0.3, 0.4) is 0 Å². The third-order valence-corrected chi connectivity index (χ3v) is 3.86. The summed E-state index contributed by atoms with van der Waals surface area (Å²) >= 11 is 0. The third kappa shape index (κ3) is 4.86. The van der Waals surface area contributed by atoms with Crippen molar-refractivity contribution in [1.82, 2.24) is 4.90 Å². The molecule has 0 fully saturated rings. The predicted octanol–water partition coefficient (Wildman–Crippen LogP) is 2.96. The van der Waals surface area contributed by atoms with Gasteiger partial charge in [-0.3, -0.25) is 0 Å². The molecule has 0 aliphatic rings. The second kappa shape index (κ2) is 7.97. The molecular formula is C19H26N2O. The van der Waals surface area contributed by atoms with Crippen molar-refractivity contribution in [2.24, 2.45) is 0 Å². The molecule has 0 saturated carbocycles. The summed E-state index contributed by atoms with van der Waals surface area (Å²) in [5.41, 5.74) is 3.43. The van der Waals surface area contributed by atoms with E-state index in [2.05, 4.69) is 48.2 Å². The van der Waals surface area contributed by atoms with Crippen molar-refractivity contribution in [3.8, 4) is 0 Å². The summed E-state index contributed by atoms with van der Waals surface area (Å²) in [6.07, 6.45) is 0.587. The molecule has 1 atom stereocenters. The highest BCUT2D eigenvalue weighted by Crippen LogP contribution is 2.19. The first-order valence-corrected chi connectivity index (χ1v) is 7.74. The van der Waals surface area contributed by atoms with Crippen LogP contribution in [0.15, 0.2) is 54.6 Å². The van der Waals surface area contributed by atoms with E-state index in [1.54, 1.807) is 0 Å². The summed E-state index contributed by atoms with van der Waals surface area (Å²) in [6.45, 7) is 1.64. The zero-order chi connectivity index (χ0) is 15.9. The van der Waals surface area contributed by atoms with Gasteiger partial charge in [0, 0.05) is 25.8 Å². The van der Waals surface area contributed by atoms with Gasteiger partial charge in [-0.25, -0.2) is 0 Å². The van der Waals surface area contributed by atoms with E-state index in [0.717, 1.165) is 24.2 Å². The second-order valence-corrected chi connectivity index (χ2v) is 6.03. The predicted molar refractivity (Wildman–Crippen MR) is 93.4 cm³/mol. The molecule has 0 radical (unpaired) electrons. The maximum absolute atomic E-state index is 10.3. The lowest BCUT2D eigenvalue weighted by Crippen LogP contribution is -2.24. The highest BCUT2D eigenvalue weighted by Gasteiger charge is 2.10. The highest BCUT2D eigenvalue weighted by atomic mass is 16.3. The van der Waals surface area contributed by atoms with Crippen molar-refractivity contribution in [2.45, 2.75) is 12.5 Å². The molecule has 0 heterocycles. The molecule has 0 spiro atoms. The number of likely N-dealkylation sites (N-methyl/N-ethyl adjacent to an activating group) is 2. The largest absolute Gasteiger partial charge is 0.387 e. The lowest BCUT2D eigenvalue weighted by Gasteiger charge is -2.23. The van der Waals surface area contributed by atoms with Crippen molar-refractivity contribution in [3.05, 3.63) is 65.7 Å². The smallest absolute Gasteiger partial charge is 0.0964 e. The molecule has 0 saturated heterocycles. The Kier molecular flexibility index (Phi) is 5.99. The molecule has 3 heteroatoms. The van der Waals surface area contributed by atoms with Gasteiger partial charge in [-0.1, -0.05) is 42.5 Å². The van der Waals surface area contributed by atoms with Gasteiger partial charge in [0.05, 0.1) is 6.10 Å². The molecule has 3 nitrogen and oxygen atoms in total. The van der Waals surface area contributed by atoms with Crippen LogP contribution in [0, 0.1) is 0 Å². The summed E-state index contributed by atoms with van der Waals surface area (Å²) in [7, 11) is 6.20. The number of hydrogen-bond donors (Lipinski definition) is 1. The average molecular weight is 298 g/mol. The summed E-state index contributed by atoms with van der Waals surface area (Å²) in [6, 6.07) is 18.4. The van der Waals surface area contributed by atoms with Gasteiger partial charge < -0.3 is 14.9 Å². The van der Waals surface area contributed by atoms with Crippen molar-refractivity contribution in [1.29, 1.82) is 0 Å². The molecule has 0 aromatic heterocycles. The Balaban J connectivity index is 1.93.